The quantitative estimate of drug-likeness (QED) is 0.499. The summed E-state index contributed by atoms with van der Waals surface area (Å²) in [6, 6.07) is 6.79. The number of hydrogen-bond donors (Lipinski definition) is 1. The Kier molecular flexibility index (Phi) is 6.45. The SMILES string of the molecule is NCC(CCC#Cc1ccc(C2C3CC4CC(C3)CC2C4)cc1Cl)C1CCCCC1. The Morgan fingerprint density at radius 3 is 2.30 bits per heavy atom. The van der Waals surface area contributed by atoms with Gasteiger partial charge in [0, 0.05) is 12.0 Å². The van der Waals surface area contributed by atoms with Crippen LogP contribution in [0.15, 0.2) is 18.2 Å². The van der Waals surface area contributed by atoms with Crippen molar-refractivity contribution in [3.8, 4) is 11.8 Å². The molecule has 1 unspecified atom stereocenters. The standard InChI is InChI=1S/C28H38ClN/c29-27-17-23(28-25-13-19-12-20(15-25)16-26(28)14-19)11-10-22(27)8-4-5-9-24(18-30)21-6-2-1-3-7-21/h10-11,17,19-21,24-26,28H,1-3,5-7,9,12-16,18,30H2. The zero-order valence-electron chi connectivity index (χ0n) is 18.4. The minimum atomic E-state index is 0.648. The topological polar surface area (TPSA) is 26.0 Å². The molecule has 1 aromatic rings. The molecular formula is C28H38ClN. The first-order valence-corrected chi connectivity index (χ1v) is 13.1. The van der Waals surface area contributed by atoms with Crippen LogP contribution >= 0.6 is 11.6 Å². The Morgan fingerprint density at radius 1 is 0.967 bits per heavy atom. The molecule has 162 valence electrons. The Labute approximate surface area is 188 Å². The van der Waals surface area contributed by atoms with Crippen LogP contribution in [0.1, 0.15) is 94.1 Å². The second-order valence-electron chi connectivity index (χ2n) is 10.9. The molecule has 4 bridgehead atoms. The summed E-state index contributed by atoms with van der Waals surface area (Å²) < 4.78 is 0. The fourth-order valence-electron chi connectivity index (χ4n) is 7.88. The summed E-state index contributed by atoms with van der Waals surface area (Å²) in [4.78, 5) is 0. The summed E-state index contributed by atoms with van der Waals surface area (Å²) in [6.45, 7) is 0.813. The Morgan fingerprint density at radius 2 is 1.67 bits per heavy atom. The fraction of sp³-hybridized carbons (Fsp3) is 0.714. The van der Waals surface area contributed by atoms with Crippen molar-refractivity contribution in [1.29, 1.82) is 0 Å². The summed E-state index contributed by atoms with van der Waals surface area (Å²) in [7, 11) is 0. The second-order valence-corrected chi connectivity index (χ2v) is 11.3. The van der Waals surface area contributed by atoms with Crippen molar-refractivity contribution >= 4 is 11.6 Å². The van der Waals surface area contributed by atoms with E-state index in [-0.39, 0.29) is 0 Å². The molecule has 2 heteroatoms. The first-order chi connectivity index (χ1) is 14.7. The molecule has 0 aliphatic heterocycles. The molecular weight excluding hydrogens is 386 g/mol. The van der Waals surface area contributed by atoms with Crippen LogP contribution in [-0.2, 0) is 0 Å². The van der Waals surface area contributed by atoms with Gasteiger partial charge in [0.2, 0.25) is 0 Å². The molecule has 5 aliphatic rings. The molecule has 0 radical (unpaired) electrons. The van der Waals surface area contributed by atoms with Crippen molar-refractivity contribution in [1.82, 2.24) is 0 Å². The lowest BCUT2D eigenvalue weighted by Gasteiger charge is -2.54. The number of nitrogens with two attached hydrogens (primary N) is 1. The number of hydrogen-bond acceptors (Lipinski definition) is 1. The van der Waals surface area contributed by atoms with Gasteiger partial charge < -0.3 is 5.73 Å². The number of rotatable bonds is 5. The average molecular weight is 424 g/mol. The van der Waals surface area contributed by atoms with E-state index in [0.717, 1.165) is 65.5 Å². The van der Waals surface area contributed by atoms with Crippen molar-refractivity contribution in [2.45, 2.75) is 83.0 Å². The third kappa shape index (κ3) is 4.33. The molecule has 30 heavy (non-hydrogen) atoms. The van der Waals surface area contributed by atoms with Gasteiger partial charge in [-0.25, -0.2) is 0 Å². The maximum atomic E-state index is 6.71. The van der Waals surface area contributed by atoms with Crippen LogP contribution in [0, 0.1) is 47.3 Å². The lowest BCUT2D eigenvalue weighted by atomic mass is 9.51. The predicted molar refractivity (Wildman–Crippen MR) is 126 cm³/mol. The van der Waals surface area contributed by atoms with Gasteiger partial charge in [0.1, 0.15) is 0 Å². The lowest BCUT2D eigenvalue weighted by Crippen LogP contribution is -2.43. The third-order valence-corrected chi connectivity index (χ3v) is 9.40. The summed E-state index contributed by atoms with van der Waals surface area (Å²) in [5, 5.41) is 0.858. The highest BCUT2D eigenvalue weighted by Crippen LogP contribution is 2.59. The van der Waals surface area contributed by atoms with Gasteiger partial charge in [-0.2, -0.15) is 0 Å². The van der Waals surface area contributed by atoms with Crippen LogP contribution in [0.4, 0.5) is 0 Å². The predicted octanol–water partition coefficient (Wildman–Crippen LogP) is 7.17. The van der Waals surface area contributed by atoms with Crippen molar-refractivity contribution in [2.75, 3.05) is 6.54 Å². The van der Waals surface area contributed by atoms with E-state index in [4.69, 9.17) is 17.3 Å². The van der Waals surface area contributed by atoms with Gasteiger partial charge in [0.15, 0.2) is 0 Å². The van der Waals surface area contributed by atoms with E-state index in [1.165, 1.54) is 69.8 Å². The lowest BCUT2D eigenvalue weighted by molar-refractivity contribution is -0.00277. The van der Waals surface area contributed by atoms with Crippen LogP contribution in [0.3, 0.4) is 0 Å². The zero-order valence-corrected chi connectivity index (χ0v) is 19.2. The van der Waals surface area contributed by atoms with E-state index < -0.39 is 0 Å². The summed E-state index contributed by atoms with van der Waals surface area (Å²) in [5.74, 6) is 12.9. The maximum Gasteiger partial charge on any atom is 0.0565 e. The highest BCUT2D eigenvalue weighted by molar-refractivity contribution is 6.31. The molecule has 2 N–H and O–H groups in total. The largest absolute Gasteiger partial charge is 0.330 e. The van der Waals surface area contributed by atoms with E-state index in [9.17, 15) is 0 Å². The molecule has 6 rings (SSSR count). The Bertz CT molecular complexity index is 769. The molecule has 0 spiro atoms. The molecule has 1 atom stereocenters. The molecule has 0 heterocycles. The van der Waals surface area contributed by atoms with Crippen LogP contribution in [0.2, 0.25) is 5.02 Å². The van der Waals surface area contributed by atoms with Crippen LogP contribution in [-0.4, -0.2) is 6.54 Å². The molecule has 5 saturated carbocycles. The maximum absolute atomic E-state index is 6.71. The first kappa shape index (κ1) is 20.9. The van der Waals surface area contributed by atoms with Crippen LogP contribution < -0.4 is 5.73 Å². The molecule has 5 fully saturated rings. The van der Waals surface area contributed by atoms with Crippen molar-refractivity contribution in [3.63, 3.8) is 0 Å². The van der Waals surface area contributed by atoms with Gasteiger partial charge in [-0.1, -0.05) is 61.6 Å². The van der Waals surface area contributed by atoms with Gasteiger partial charge in [-0.3, -0.25) is 0 Å². The molecule has 0 aromatic heterocycles. The number of benzene rings is 1. The van der Waals surface area contributed by atoms with Gasteiger partial charge in [-0.05, 0) is 104 Å². The highest BCUT2D eigenvalue weighted by Gasteiger charge is 2.48. The fourth-order valence-corrected chi connectivity index (χ4v) is 8.11. The van der Waals surface area contributed by atoms with E-state index in [1.54, 1.807) is 0 Å². The number of halogens is 1. The Balaban J connectivity index is 1.21. The van der Waals surface area contributed by atoms with Crippen molar-refractivity contribution in [2.24, 2.45) is 41.2 Å². The Hall–Kier alpha value is -0.970. The minimum absolute atomic E-state index is 0.648. The molecule has 0 amide bonds. The highest BCUT2D eigenvalue weighted by atomic mass is 35.5. The molecule has 1 aromatic carbocycles. The van der Waals surface area contributed by atoms with Gasteiger partial charge in [0.05, 0.1) is 5.02 Å². The van der Waals surface area contributed by atoms with Gasteiger partial charge >= 0.3 is 0 Å². The second kappa shape index (κ2) is 9.26. The van der Waals surface area contributed by atoms with Crippen LogP contribution in [0.25, 0.3) is 0 Å². The minimum Gasteiger partial charge on any atom is -0.330 e. The van der Waals surface area contributed by atoms with Crippen molar-refractivity contribution < 1.29 is 0 Å². The summed E-state index contributed by atoms with van der Waals surface area (Å²) >= 11 is 6.71. The van der Waals surface area contributed by atoms with E-state index >= 15 is 0 Å². The van der Waals surface area contributed by atoms with Crippen molar-refractivity contribution in [3.05, 3.63) is 34.3 Å². The van der Waals surface area contributed by atoms with E-state index in [1.807, 2.05) is 0 Å². The smallest absolute Gasteiger partial charge is 0.0565 e. The normalized spacial score (nSPS) is 33.9. The summed E-state index contributed by atoms with van der Waals surface area (Å²) in [5.41, 5.74) is 8.58. The molecule has 5 aliphatic carbocycles. The van der Waals surface area contributed by atoms with Gasteiger partial charge in [0.25, 0.3) is 0 Å². The first-order valence-electron chi connectivity index (χ1n) is 12.7. The summed E-state index contributed by atoms with van der Waals surface area (Å²) in [6.07, 6.45) is 16.3. The monoisotopic (exact) mass is 423 g/mol. The third-order valence-electron chi connectivity index (χ3n) is 9.09. The molecule has 1 nitrogen and oxygen atoms in total. The van der Waals surface area contributed by atoms with Gasteiger partial charge in [-0.15, -0.1) is 0 Å². The van der Waals surface area contributed by atoms with E-state index in [2.05, 4.69) is 30.0 Å². The molecule has 0 saturated heterocycles. The average Bonchev–Trinajstić information content (AvgIpc) is 2.75. The van der Waals surface area contributed by atoms with E-state index in [0.29, 0.717) is 5.92 Å². The zero-order chi connectivity index (χ0) is 20.5. The van der Waals surface area contributed by atoms with Crippen LogP contribution in [0.5, 0.6) is 0 Å².